The molecule has 0 aromatic heterocycles. The first-order chi connectivity index (χ1) is 9.06. The van der Waals surface area contributed by atoms with Gasteiger partial charge in [-0.25, -0.2) is 0 Å². The maximum absolute atomic E-state index is 12.0. The largest absolute Gasteiger partial charge is 0.325 e. The van der Waals surface area contributed by atoms with Crippen LogP contribution in [0.2, 0.25) is 5.02 Å². The fourth-order valence-electron chi connectivity index (χ4n) is 1.73. The van der Waals surface area contributed by atoms with Gasteiger partial charge < -0.3 is 5.32 Å². The van der Waals surface area contributed by atoms with Crippen molar-refractivity contribution in [2.45, 2.75) is 13.3 Å². The van der Waals surface area contributed by atoms with Crippen LogP contribution in [0.25, 0.3) is 0 Å². The van der Waals surface area contributed by atoms with Crippen molar-refractivity contribution in [1.82, 2.24) is 0 Å². The zero-order valence-corrected chi connectivity index (χ0v) is 12.8. The Labute approximate surface area is 125 Å². The molecule has 0 bridgehead atoms. The molecule has 0 unspecified atom stereocenters. The molecule has 0 heterocycles. The van der Waals surface area contributed by atoms with E-state index < -0.39 is 0 Å². The molecule has 0 aliphatic carbocycles. The SMILES string of the molecule is Cc1ccc(NC(=O)Cc2ccccc2Cl)c(Br)c1. The van der Waals surface area contributed by atoms with E-state index in [2.05, 4.69) is 21.2 Å². The van der Waals surface area contributed by atoms with Crippen molar-refractivity contribution in [1.29, 1.82) is 0 Å². The first-order valence-electron chi connectivity index (χ1n) is 5.85. The van der Waals surface area contributed by atoms with Crippen molar-refractivity contribution < 1.29 is 4.79 Å². The molecule has 1 amide bonds. The fraction of sp³-hybridized carbons (Fsp3) is 0.133. The second-order valence-corrected chi connectivity index (χ2v) is 5.56. The van der Waals surface area contributed by atoms with Gasteiger partial charge in [-0.2, -0.15) is 0 Å². The molecule has 0 radical (unpaired) electrons. The molecular weight excluding hydrogens is 326 g/mol. The molecule has 98 valence electrons. The van der Waals surface area contributed by atoms with E-state index in [1.807, 2.05) is 43.3 Å². The molecule has 2 aromatic rings. The third-order valence-electron chi connectivity index (χ3n) is 2.71. The number of hydrogen-bond donors (Lipinski definition) is 1. The molecule has 4 heteroatoms. The summed E-state index contributed by atoms with van der Waals surface area (Å²) in [7, 11) is 0. The van der Waals surface area contributed by atoms with Gasteiger partial charge in [-0.15, -0.1) is 0 Å². The first kappa shape index (κ1) is 14.1. The quantitative estimate of drug-likeness (QED) is 0.871. The van der Waals surface area contributed by atoms with Gasteiger partial charge in [0.25, 0.3) is 0 Å². The predicted octanol–water partition coefficient (Wildman–Crippen LogP) is 4.59. The van der Waals surface area contributed by atoms with Crippen molar-refractivity contribution in [3.63, 3.8) is 0 Å². The van der Waals surface area contributed by atoms with E-state index in [-0.39, 0.29) is 12.3 Å². The van der Waals surface area contributed by atoms with E-state index in [1.54, 1.807) is 6.07 Å². The standard InChI is InChI=1S/C15H13BrClNO/c1-10-6-7-14(12(16)8-10)18-15(19)9-11-4-2-3-5-13(11)17/h2-8H,9H2,1H3,(H,18,19). The van der Waals surface area contributed by atoms with Crippen LogP contribution in [-0.2, 0) is 11.2 Å². The van der Waals surface area contributed by atoms with Gasteiger partial charge in [0.1, 0.15) is 0 Å². The maximum atomic E-state index is 12.0. The summed E-state index contributed by atoms with van der Waals surface area (Å²) in [4.78, 5) is 12.0. The summed E-state index contributed by atoms with van der Waals surface area (Å²) in [6.07, 6.45) is 0.264. The summed E-state index contributed by atoms with van der Waals surface area (Å²) >= 11 is 9.47. The summed E-state index contributed by atoms with van der Waals surface area (Å²) in [5, 5.41) is 3.48. The van der Waals surface area contributed by atoms with Crippen LogP contribution >= 0.6 is 27.5 Å². The summed E-state index contributed by atoms with van der Waals surface area (Å²) < 4.78 is 0.875. The third-order valence-corrected chi connectivity index (χ3v) is 3.73. The maximum Gasteiger partial charge on any atom is 0.228 e. The lowest BCUT2D eigenvalue weighted by Gasteiger charge is -2.09. The zero-order chi connectivity index (χ0) is 13.8. The first-order valence-corrected chi connectivity index (χ1v) is 7.03. The molecule has 0 atom stereocenters. The number of benzene rings is 2. The van der Waals surface area contributed by atoms with Crippen LogP contribution in [0.5, 0.6) is 0 Å². The number of carbonyl (C=O) groups is 1. The van der Waals surface area contributed by atoms with Crippen molar-refractivity contribution >= 4 is 39.1 Å². The summed E-state index contributed by atoms with van der Waals surface area (Å²) in [6.45, 7) is 2.00. The molecule has 0 fully saturated rings. The predicted molar refractivity (Wildman–Crippen MR) is 82.7 cm³/mol. The minimum Gasteiger partial charge on any atom is -0.325 e. The van der Waals surface area contributed by atoms with Gasteiger partial charge in [-0.05, 0) is 52.2 Å². The van der Waals surface area contributed by atoms with Gasteiger partial charge in [0, 0.05) is 9.50 Å². The molecule has 2 aromatic carbocycles. The Morgan fingerprint density at radius 1 is 1.26 bits per heavy atom. The van der Waals surface area contributed by atoms with Crippen LogP contribution in [0.4, 0.5) is 5.69 Å². The van der Waals surface area contributed by atoms with Gasteiger partial charge in [0.2, 0.25) is 5.91 Å². The van der Waals surface area contributed by atoms with E-state index in [9.17, 15) is 4.79 Å². The Hall–Kier alpha value is -1.32. The van der Waals surface area contributed by atoms with Gasteiger partial charge in [-0.1, -0.05) is 35.9 Å². The Kier molecular flexibility index (Phi) is 4.61. The number of carbonyl (C=O) groups excluding carboxylic acids is 1. The molecule has 0 aliphatic rings. The van der Waals surface area contributed by atoms with Crippen LogP contribution in [0, 0.1) is 6.92 Å². The zero-order valence-electron chi connectivity index (χ0n) is 10.4. The number of nitrogens with one attached hydrogen (secondary N) is 1. The number of hydrogen-bond acceptors (Lipinski definition) is 1. The smallest absolute Gasteiger partial charge is 0.228 e. The molecule has 0 aliphatic heterocycles. The highest BCUT2D eigenvalue weighted by Crippen LogP contribution is 2.24. The van der Waals surface area contributed by atoms with E-state index in [1.165, 1.54) is 0 Å². The molecule has 2 nitrogen and oxygen atoms in total. The van der Waals surface area contributed by atoms with Crippen molar-refractivity contribution in [3.8, 4) is 0 Å². The van der Waals surface area contributed by atoms with E-state index in [0.29, 0.717) is 5.02 Å². The monoisotopic (exact) mass is 337 g/mol. The summed E-state index contributed by atoms with van der Waals surface area (Å²) in [5.41, 5.74) is 2.73. The van der Waals surface area contributed by atoms with Crippen LogP contribution in [0.15, 0.2) is 46.9 Å². The highest BCUT2D eigenvalue weighted by molar-refractivity contribution is 9.10. The van der Waals surface area contributed by atoms with Crippen LogP contribution < -0.4 is 5.32 Å². The summed E-state index contributed by atoms with van der Waals surface area (Å²) in [6, 6.07) is 13.2. The van der Waals surface area contributed by atoms with Crippen molar-refractivity contribution in [2.75, 3.05) is 5.32 Å². The minimum atomic E-state index is -0.0855. The second kappa shape index (κ2) is 6.22. The number of aryl methyl sites for hydroxylation is 1. The van der Waals surface area contributed by atoms with Gasteiger partial charge >= 0.3 is 0 Å². The molecule has 2 rings (SSSR count). The number of amides is 1. The highest BCUT2D eigenvalue weighted by atomic mass is 79.9. The lowest BCUT2D eigenvalue weighted by molar-refractivity contribution is -0.115. The Balaban J connectivity index is 2.08. The highest BCUT2D eigenvalue weighted by Gasteiger charge is 2.08. The molecular formula is C15H13BrClNO. The number of rotatable bonds is 3. The molecule has 19 heavy (non-hydrogen) atoms. The lowest BCUT2D eigenvalue weighted by atomic mass is 10.1. The number of anilines is 1. The number of halogens is 2. The average molecular weight is 339 g/mol. The van der Waals surface area contributed by atoms with Crippen LogP contribution in [-0.4, -0.2) is 5.91 Å². The van der Waals surface area contributed by atoms with Crippen LogP contribution in [0.3, 0.4) is 0 Å². The molecule has 1 N–H and O–H groups in total. The van der Waals surface area contributed by atoms with Gasteiger partial charge in [0.05, 0.1) is 12.1 Å². The molecule has 0 saturated carbocycles. The minimum absolute atomic E-state index is 0.0855. The molecule has 0 saturated heterocycles. The summed E-state index contributed by atoms with van der Waals surface area (Å²) in [5.74, 6) is -0.0855. The van der Waals surface area contributed by atoms with Crippen molar-refractivity contribution in [3.05, 3.63) is 63.1 Å². The van der Waals surface area contributed by atoms with Crippen LogP contribution in [0.1, 0.15) is 11.1 Å². The van der Waals surface area contributed by atoms with Gasteiger partial charge in [-0.3, -0.25) is 4.79 Å². The normalized spacial score (nSPS) is 10.3. The average Bonchev–Trinajstić information content (AvgIpc) is 2.36. The topological polar surface area (TPSA) is 29.1 Å². The Morgan fingerprint density at radius 3 is 2.68 bits per heavy atom. The molecule has 0 spiro atoms. The fourth-order valence-corrected chi connectivity index (χ4v) is 2.53. The van der Waals surface area contributed by atoms with Crippen molar-refractivity contribution in [2.24, 2.45) is 0 Å². The lowest BCUT2D eigenvalue weighted by Crippen LogP contribution is -2.15. The van der Waals surface area contributed by atoms with E-state index >= 15 is 0 Å². The van der Waals surface area contributed by atoms with Gasteiger partial charge in [0.15, 0.2) is 0 Å². The van der Waals surface area contributed by atoms with E-state index in [0.717, 1.165) is 21.3 Å². The van der Waals surface area contributed by atoms with E-state index in [4.69, 9.17) is 11.6 Å². The Morgan fingerprint density at radius 2 is 2.00 bits per heavy atom. The Bertz CT molecular complexity index is 613. The second-order valence-electron chi connectivity index (χ2n) is 4.30. The third kappa shape index (κ3) is 3.82.